The predicted octanol–water partition coefficient (Wildman–Crippen LogP) is 3.83. The van der Waals surface area contributed by atoms with Crippen LogP contribution in [0.1, 0.15) is 12.5 Å². The normalized spacial score (nSPS) is 18.3. The van der Waals surface area contributed by atoms with Crippen molar-refractivity contribution in [2.24, 2.45) is 9.98 Å². The summed E-state index contributed by atoms with van der Waals surface area (Å²) in [5.74, 6) is 0.112. The van der Waals surface area contributed by atoms with E-state index in [1.165, 1.54) is 0 Å². The van der Waals surface area contributed by atoms with Gasteiger partial charge in [-0.1, -0.05) is 22.5 Å². The summed E-state index contributed by atoms with van der Waals surface area (Å²) in [7, 11) is 0. The highest BCUT2D eigenvalue weighted by atomic mass is 79.9. The minimum Gasteiger partial charge on any atom is -0.356 e. The molecule has 19 heavy (non-hydrogen) atoms. The van der Waals surface area contributed by atoms with E-state index in [2.05, 4.69) is 35.6 Å². The fourth-order valence-electron chi connectivity index (χ4n) is 1.64. The summed E-state index contributed by atoms with van der Waals surface area (Å²) in [6, 6.07) is 7.64. The zero-order valence-corrected chi connectivity index (χ0v) is 11.7. The zero-order chi connectivity index (χ0) is 13.8. The summed E-state index contributed by atoms with van der Waals surface area (Å²) in [6.45, 7) is 16.0. The lowest BCUT2D eigenvalue weighted by Gasteiger charge is -1.98. The molecule has 0 spiro atoms. The van der Waals surface area contributed by atoms with E-state index in [4.69, 9.17) is 13.1 Å². The minimum absolute atomic E-state index is 0.112. The summed E-state index contributed by atoms with van der Waals surface area (Å²) >= 11 is 3.38. The smallest absolute Gasteiger partial charge is 0.356 e. The Morgan fingerprint density at radius 3 is 2.47 bits per heavy atom. The molecule has 0 saturated heterocycles. The number of allylic oxidation sites excluding steroid dienone is 1. The number of aliphatic imine (C=N–C) groups is 2. The van der Waals surface area contributed by atoms with Gasteiger partial charge in [-0.2, -0.15) is 0 Å². The van der Waals surface area contributed by atoms with Crippen LogP contribution in [0.4, 0.5) is 0 Å². The molecular weight excluding hydrogens is 304 g/mol. The van der Waals surface area contributed by atoms with Crippen molar-refractivity contribution in [1.82, 2.24) is 0 Å². The van der Waals surface area contributed by atoms with Crippen LogP contribution in [-0.4, -0.2) is 17.7 Å². The van der Waals surface area contributed by atoms with Crippen LogP contribution >= 0.6 is 15.9 Å². The highest BCUT2D eigenvalue weighted by Gasteiger charge is 2.25. The van der Waals surface area contributed by atoms with Gasteiger partial charge in [-0.15, -0.1) is 4.99 Å². The average molecular weight is 313 g/mol. The molecule has 5 heteroatoms. The van der Waals surface area contributed by atoms with Crippen LogP contribution in [0, 0.1) is 13.1 Å². The third kappa shape index (κ3) is 2.96. The molecule has 1 heterocycles. The number of hydrogen-bond acceptors (Lipinski definition) is 2. The third-order valence-electron chi connectivity index (χ3n) is 2.51. The number of amidine groups is 1. The minimum atomic E-state index is -0.832. The maximum atomic E-state index is 7.13. The molecule has 2 rings (SSSR count). The topological polar surface area (TPSA) is 33.4 Å². The van der Waals surface area contributed by atoms with Crippen LogP contribution in [-0.2, 0) is 0 Å². The second kappa shape index (κ2) is 5.60. The van der Waals surface area contributed by atoms with Gasteiger partial charge < -0.3 is 4.85 Å². The van der Waals surface area contributed by atoms with Crippen LogP contribution in [0.15, 0.2) is 44.8 Å². The van der Waals surface area contributed by atoms with Crippen molar-refractivity contribution < 1.29 is 0 Å². The number of rotatable bonds is 1. The van der Waals surface area contributed by atoms with Gasteiger partial charge in [0.15, 0.2) is 5.70 Å². The van der Waals surface area contributed by atoms with Gasteiger partial charge in [0.25, 0.3) is 0 Å². The van der Waals surface area contributed by atoms with Gasteiger partial charge in [0, 0.05) is 21.8 Å². The van der Waals surface area contributed by atoms with Gasteiger partial charge in [-0.25, -0.2) is 11.6 Å². The molecule has 0 aliphatic carbocycles. The van der Waals surface area contributed by atoms with Gasteiger partial charge in [0.2, 0.25) is 0 Å². The van der Waals surface area contributed by atoms with Crippen molar-refractivity contribution in [1.29, 1.82) is 0 Å². The quantitative estimate of drug-likeness (QED) is 0.706. The van der Waals surface area contributed by atoms with Crippen molar-refractivity contribution in [3.63, 3.8) is 0 Å². The van der Waals surface area contributed by atoms with Crippen LogP contribution < -0.4 is 0 Å². The Morgan fingerprint density at radius 2 is 1.89 bits per heavy atom. The number of halogens is 1. The van der Waals surface area contributed by atoms with Gasteiger partial charge in [0.1, 0.15) is 0 Å². The average Bonchev–Trinajstić information content (AvgIpc) is 2.58. The Hall–Kier alpha value is -2.24. The van der Waals surface area contributed by atoms with E-state index >= 15 is 0 Å². The van der Waals surface area contributed by atoms with Crippen molar-refractivity contribution in [3.8, 4) is 0 Å². The van der Waals surface area contributed by atoms with E-state index in [1.54, 1.807) is 13.0 Å². The SMILES string of the molecule is [C-]#[N+]C1=NC(c2ccc(Br)cc2)=CC(C)=NC1[N+]#[C-]. The Kier molecular flexibility index (Phi) is 3.89. The molecule has 0 N–H and O–H groups in total. The standard InChI is InChI=1S/C14H9BrN4/c1-9-8-12(10-4-6-11(15)7-5-10)19-14(17-3)13(16-2)18-9/h4-8,13H,1H3. The first-order chi connectivity index (χ1) is 9.13. The first-order valence-electron chi connectivity index (χ1n) is 5.48. The largest absolute Gasteiger partial charge is 0.371 e. The molecule has 1 unspecified atom stereocenters. The van der Waals surface area contributed by atoms with Crippen molar-refractivity contribution in [3.05, 3.63) is 63.2 Å². The molecule has 0 aromatic heterocycles. The van der Waals surface area contributed by atoms with E-state index in [0.717, 1.165) is 10.0 Å². The molecule has 1 aliphatic heterocycles. The fourth-order valence-corrected chi connectivity index (χ4v) is 1.90. The fraction of sp³-hybridized carbons (Fsp3) is 0.143. The highest BCUT2D eigenvalue weighted by molar-refractivity contribution is 9.10. The first kappa shape index (κ1) is 13.2. The van der Waals surface area contributed by atoms with Crippen molar-refractivity contribution in [2.45, 2.75) is 13.1 Å². The van der Waals surface area contributed by atoms with Gasteiger partial charge in [0.05, 0.1) is 0 Å². The third-order valence-corrected chi connectivity index (χ3v) is 3.04. The molecule has 1 aromatic rings. The molecule has 0 bridgehead atoms. The maximum absolute atomic E-state index is 7.13. The van der Waals surface area contributed by atoms with Gasteiger partial charge in [-0.3, -0.25) is 4.85 Å². The van der Waals surface area contributed by atoms with Crippen molar-refractivity contribution in [2.75, 3.05) is 0 Å². The van der Waals surface area contributed by atoms with Gasteiger partial charge >= 0.3 is 12.0 Å². The van der Waals surface area contributed by atoms with Gasteiger partial charge in [-0.05, 0) is 31.2 Å². The Morgan fingerprint density at radius 1 is 1.21 bits per heavy atom. The highest BCUT2D eigenvalue weighted by Crippen LogP contribution is 2.22. The predicted molar refractivity (Wildman–Crippen MR) is 79.7 cm³/mol. The molecule has 4 nitrogen and oxygen atoms in total. The molecular formula is C14H9BrN4. The molecule has 1 aliphatic rings. The summed E-state index contributed by atoms with van der Waals surface area (Å²) in [6.07, 6.45) is 0.960. The lowest BCUT2D eigenvalue weighted by atomic mass is 10.1. The summed E-state index contributed by atoms with van der Waals surface area (Å²) < 4.78 is 0.976. The second-order valence-electron chi connectivity index (χ2n) is 3.89. The number of benzene rings is 1. The van der Waals surface area contributed by atoms with E-state index in [-0.39, 0.29) is 5.84 Å². The lowest BCUT2D eigenvalue weighted by molar-refractivity contribution is 1.08. The van der Waals surface area contributed by atoms with Crippen LogP contribution in [0.3, 0.4) is 0 Å². The molecule has 0 radical (unpaired) electrons. The molecule has 1 aromatic carbocycles. The number of hydrogen-bond donors (Lipinski definition) is 0. The summed E-state index contributed by atoms with van der Waals surface area (Å²) in [5.41, 5.74) is 2.25. The zero-order valence-electron chi connectivity index (χ0n) is 10.1. The van der Waals surface area contributed by atoms with Crippen LogP contribution in [0.25, 0.3) is 15.4 Å². The molecule has 0 fully saturated rings. The molecule has 0 amide bonds. The summed E-state index contributed by atoms with van der Waals surface area (Å²) in [4.78, 5) is 15.1. The first-order valence-corrected chi connectivity index (χ1v) is 6.28. The second-order valence-corrected chi connectivity index (χ2v) is 4.81. The Balaban J connectivity index is 2.52. The Bertz CT molecular complexity index is 669. The van der Waals surface area contributed by atoms with E-state index in [9.17, 15) is 0 Å². The van der Waals surface area contributed by atoms with E-state index in [1.807, 2.05) is 24.3 Å². The van der Waals surface area contributed by atoms with E-state index in [0.29, 0.717) is 11.4 Å². The van der Waals surface area contributed by atoms with Crippen LogP contribution in [0.2, 0.25) is 0 Å². The lowest BCUT2D eigenvalue weighted by Crippen LogP contribution is -2.10. The Labute approximate surface area is 120 Å². The monoisotopic (exact) mass is 312 g/mol. The molecule has 0 saturated carbocycles. The van der Waals surface area contributed by atoms with Crippen LogP contribution in [0.5, 0.6) is 0 Å². The van der Waals surface area contributed by atoms with Crippen molar-refractivity contribution >= 4 is 33.2 Å². The summed E-state index contributed by atoms with van der Waals surface area (Å²) in [5, 5.41) is 0. The van der Waals surface area contributed by atoms with E-state index < -0.39 is 6.17 Å². The molecule has 1 atom stereocenters. The number of nitrogens with zero attached hydrogens (tertiary/aromatic N) is 4. The maximum Gasteiger partial charge on any atom is 0.371 e. The molecule has 92 valence electrons.